The molecule has 0 bridgehead atoms. The van der Waals surface area contributed by atoms with E-state index in [0.717, 1.165) is 29.2 Å². The van der Waals surface area contributed by atoms with Gasteiger partial charge in [-0.3, -0.25) is 15.0 Å². The lowest BCUT2D eigenvalue weighted by Gasteiger charge is -2.35. The first-order chi connectivity index (χ1) is 12.7. The number of rotatable bonds is 7. The third-order valence-corrected chi connectivity index (χ3v) is 6.20. The van der Waals surface area contributed by atoms with Gasteiger partial charge in [0.25, 0.3) is 15.7 Å². The molecule has 0 fully saturated rings. The SMILES string of the molecule is C=CCON(C1CN(C(=O)O)CC=C1Br)S(=O)(=O)c1ccc([N+](=O)[O-])cc1. The van der Waals surface area contributed by atoms with Gasteiger partial charge >= 0.3 is 6.09 Å². The number of nitro groups is 1. The Bertz CT molecular complexity index is 870. The van der Waals surface area contributed by atoms with E-state index in [1.54, 1.807) is 0 Å². The number of amides is 1. The average Bonchev–Trinajstić information content (AvgIpc) is 2.63. The number of hydrogen-bond donors (Lipinski definition) is 1. The molecule has 1 heterocycles. The summed E-state index contributed by atoms with van der Waals surface area (Å²) in [5.41, 5.74) is -0.261. The summed E-state index contributed by atoms with van der Waals surface area (Å²) < 4.78 is 27.2. The van der Waals surface area contributed by atoms with E-state index >= 15 is 0 Å². The normalized spacial score (nSPS) is 17.5. The fraction of sp³-hybridized carbons (Fsp3) is 0.267. The molecule has 27 heavy (non-hydrogen) atoms. The van der Waals surface area contributed by atoms with Crippen molar-refractivity contribution in [3.8, 4) is 0 Å². The summed E-state index contributed by atoms with van der Waals surface area (Å²) in [4.78, 5) is 27.5. The van der Waals surface area contributed by atoms with Gasteiger partial charge < -0.3 is 10.0 Å². The monoisotopic (exact) mass is 461 g/mol. The molecule has 0 spiro atoms. The highest BCUT2D eigenvalue weighted by molar-refractivity contribution is 9.11. The zero-order valence-electron chi connectivity index (χ0n) is 13.9. The molecule has 12 heteroatoms. The Morgan fingerprint density at radius 2 is 2.11 bits per heavy atom. The molecule has 1 amide bonds. The number of sulfonamides is 1. The van der Waals surface area contributed by atoms with Gasteiger partial charge in [0.2, 0.25) is 0 Å². The number of nitro benzene ring substituents is 1. The third kappa shape index (κ3) is 4.71. The van der Waals surface area contributed by atoms with Crippen molar-refractivity contribution in [3.05, 3.63) is 57.6 Å². The Morgan fingerprint density at radius 1 is 1.48 bits per heavy atom. The van der Waals surface area contributed by atoms with Crippen LogP contribution in [0.15, 0.2) is 52.4 Å². The van der Waals surface area contributed by atoms with Gasteiger partial charge in [-0.15, -0.1) is 6.58 Å². The maximum atomic E-state index is 13.0. The van der Waals surface area contributed by atoms with E-state index in [-0.39, 0.29) is 30.3 Å². The van der Waals surface area contributed by atoms with Crippen molar-refractivity contribution < 1.29 is 28.1 Å². The predicted molar refractivity (Wildman–Crippen MR) is 98.7 cm³/mol. The first-order valence-electron chi connectivity index (χ1n) is 7.54. The first kappa shape index (κ1) is 21.0. The van der Waals surface area contributed by atoms with Crippen LogP contribution in [0, 0.1) is 10.1 Å². The van der Waals surface area contributed by atoms with Crippen LogP contribution < -0.4 is 0 Å². The molecule has 0 aliphatic carbocycles. The molecule has 10 nitrogen and oxygen atoms in total. The number of hydrogen-bond acceptors (Lipinski definition) is 6. The van der Waals surface area contributed by atoms with Crippen LogP contribution in [0.3, 0.4) is 0 Å². The van der Waals surface area contributed by atoms with E-state index in [9.17, 15) is 28.4 Å². The topological polar surface area (TPSA) is 130 Å². The molecule has 1 aliphatic heterocycles. The number of hydroxylamine groups is 1. The van der Waals surface area contributed by atoms with Gasteiger partial charge in [0.1, 0.15) is 6.04 Å². The molecule has 1 atom stereocenters. The number of benzene rings is 1. The fourth-order valence-corrected chi connectivity index (χ4v) is 4.34. The van der Waals surface area contributed by atoms with E-state index < -0.39 is 27.1 Å². The Morgan fingerprint density at radius 3 is 2.63 bits per heavy atom. The molecular formula is C15H16BrN3O7S. The number of nitrogens with zero attached hydrogens (tertiary/aromatic N) is 3. The Labute approximate surface area is 163 Å². The molecule has 0 radical (unpaired) electrons. The van der Waals surface area contributed by atoms with E-state index in [2.05, 4.69) is 22.5 Å². The van der Waals surface area contributed by atoms with Crippen molar-refractivity contribution in [1.29, 1.82) is 0 Å². The molecule has 146 valence electrons. The lowest BCUT2D eigenvalue weighted by atomic mass is 10.2. The van der Waals surface area contributed by atoms with Crippen LogP contribution >= 0.6 is 15.9 Å². The molecule has 0 saturated heterocycles. The minimum Gasteiger partial charge on any atom is -0.465 e. The first-order valence-corrected chi connectivity index (χ1v) is 9.78. The van der Waals surface area contributed by atoms with Gasteiger partial charge in [0.05, 0.1) is 16.4 Å². The van der Waals surface area contributed by atoms with Gasteiger partial charge in [-0.1, -0.05) is 32.6 Å². The lowest BCUT2D eigenvalue weighted by Crippen LogP contribution is -2.50. The predicted octanol–water partition coefficient (Wildman–Crippen LogP) is 2.34. The van der Waals surface area contributed by atoms with Crippen molar-refractivity contribution in [3.63, 3.8) is 0 Å². The number of carboxylic acid groups (broad SMARTS) is 1. The standard InChI is InChI=1S/C15H16BrN3O7S/c1-2-9-26-19(14-10-17(15(20)21)8-7-13(14)16)27(24,25)12-5-3-11(4-6-12)18(22)23/h2-7,14H,1,8-10H2,(H,20,21). The summed E-state index contributed by atoms with van der Waals surface area (Å²) in [6.07, 6.45) is 1.67. The van der Waals surface area contributed by atoms with Crippen LogP contribution in [-0.2, 0) is 14.9 Å². The van der Waals surface area contributed by atoms with Gasteiger partial charge in [0.15, 0.2) is 0 Å². The molecule has 0 saturated carbocycles. The van der Waals surface area contributed by atoms with Crippen molar-refractivity contribution in [2.24, 2.45) is 0 Å². The summed E-state index contributed by atoms with van der Waals surface area (Å²) in [5, 5.41) is 20.0. The van der Waals surface area contributed by atoms with Crippen molar-refractivity contribution >= 4 is 37.7 Å². The van der Waals surface area contributed by atoms with Crippen LogP contribution in [0.1, 0.15) is 0 Å². The zero-order chi connectivity index (χ0) is 20.2. The van der Waals surface area contributed by atoms with Gasteiger partial charge in [-0.25, -0.2) is 13.2 Å². The second-order valence-corrected chi connectivity index (χ2v) is 8.09. The second-order valence-electron chi connectivity index (χ2n) is 5.39. The number of non-ortho nitro benzene ring substituents is 1. The quantitative estimate of drug-likeness (QED) is 0.374. The third-order valence-electron chi connectivity index (χ3n) is 3.65. The molecule has 0 aromatic heterocycles. The largest absolute Gasteiger partial charge is 0.465 e. The molecule has 2 rings (SSSR count). The van der Waals surface area contributed by atoms with E-state index in [1.807, 2.05) is 0 Å². The zero-order valence-corrected chi connectivity index (χ0v) is 16.3. The minimum atomic E-state index is -4.25. The van der Waals surface area contributed by atoms with Crippen LogP contribution in [0.4, 0.5) is 10.5 Å². The van der Waals surface area contributed by atoms with Crippen molar-refractivity contribution in [1.82, 2.24) is 9.37 Å². The molecular weight excluding hydrogens is 446 g/mol. The van der Waals surface area contributed by atoms with Crippen molar-refractivity contribution in [2.75, 3.05) is 19.7 Å². The van der Waals surface area contributed by atoms with Crippen LogP contribution in [0.25, 0.3) is 0 Å². The minimum absolute atomic E-state index is 0.0965. The molecule has 1 unspecified atom stereocenters. The highest BCUT2D eigenvalue weighted by Crippen LogP contribution is 2.29. The Hall–Kier alpha value is -2.28. The summed E-state index contributed by atoms with van der Waals surface area (Å²) in [5.74, 6) is 0. The molecule has 1 N–H and O–H groups in total. The van der Waals surface area contributed by atoms with Crippen molar-refractivity contribution in [2.45, 2.75) is 10.9 Å². The molecule has 1 aliphatic rings. The van der Waals surface area contributed by atoms with Crippen LogP contribution in [0.5, 0.6) is 0 Å². The molecule has 1 aromatic rings. The maximum absolute atomic E-state index is 13.0. The average molecular weight is 462 g/mol. The summed E-state index contributed by atoms with van der Waals surface area (Å²) in [6.45, 7) is 3.27. The van der Waals surface area contributed by atoms with Gasteiger partial charge in [0, 0.05) is 29.7 Å². The van der Waals surface area contributed by atoms with Crippen LogP contribution in [-0.4, -0.2) is 59.6 Å². The van der Waals surface area contributed by atoms with E-state index in [1.165, 1.54) is 12.2 Å². The summed E-state index contributed by atoms with van der Waals surface area (Å²) in [7, 11) is -4.25. The highest BCUT2D eigenvalue weighted by Gasteiger charge is 2.38. The lowest BCUT2D eigenvalue weighted by molar-refractivity contribution is -0.384. The fourth-order valence-electron chi connectivity index (χ4n) is 2.32. The highest BCUT2D eigenvalue weighted by atomic mass is 79.9. The Balaban J connectivity index is 2.43. The summed E-state index contributed by atoms with van der Waals surface area (Å²) >= 11 is 3.26. The second kappa shape index (κ2) is 8.61. The van der Waals surface area contributed by atoms with Gasteiger partial charge in [-0.2, -0.15) is 0 Å². The van der Waals surface area contributed by atoms with Crippen LogP contribution in [0.2, 0.25) is 0 Å². The van der Waals surface area contributed by atoms with E-state index in [0.29, 0.717) is 8.95 Å². The number of carbonyl (C=O) groups is 1. The number of halogens is 1. The Kier molecular flexibility index (Phi) is 6.70. The summed E-state index contributed by atoms with van der Waals surface area (Å²) in [6, 6.07) is 3.34. The smallest absolute Gasteiger partial charge is 0.407 e. The molecule has 1 aromatic carbocycles. The maximum Gasteiger partial charge on any atom is 0.407 e. The van der Waals surface area contributed by atoms with Gasteiger partial charge in [-0.05, 0) is 12.1 Å². The van der Waals surface area contributed by atoms with E-state index in [4.69, 9.17) is 4.84 Å².